The van der Waals surface area contributed by atoms with Gasteiger partial charge in [-0.3, -0.25) is 14.4 Å². The number of carbonyl (C=O) groups excluding carboxylic acids is 3. The summed E-state index contributed by atoms with van der Waals surface area (Å²) < 4.78 is 6.06. The predicted molar refractivity (Wildman–Crippen MR) is 154 cm³/mol. The van der Waals surface area contributed by atoms with Crippen molar-refractivity contribution in [3.8, 4) is 0 Å². The molecule has 5 rings (SSSR count). The molecule has 2 spiro atoms. The van der Waals surface area contributed by atoms with Crippen LogP contribution < -0.4 is 5.32 Å². The molecular formula is C33H54N2O5. The van der Waals surface area contributed by atoms with Crippen LogP contribution in [0.1, 0.15) is 99.8 Å². The normalized spacial score (nSPS) is 48.8. The lowest BCUT2D eigenvalue weighted by molar-refractivity contribution is -0.173. The molecule has 5 aliphatic rings. The van der Waals surface area contributed by atoms with Crippen molar-refractivity contribution in [1.29, 1.82) is 0 Å². The highest BCUT2D eigenvalue weighted by Crippen LogP contribution is 2.88. The van der Waals surface area contributed by atoms with Crippen LogP contribution in [0.15, 0.2) is 0 Å². The van der Waals surface area contributed by atoms with Gasteiger partial charge in [0.1, 0.15) is 11.9 Å². The van der Waals surface area contributed by atoms with E-state index >= 15 is 0 Å². The van der Waals surface area contributed by atoms with Gasteiger partial charge in [0, 0.05) is 48.1 Å². The van der Waals surface area contributed by atoms with Gasteiger partial charge in [0.2, 0.25) is 5.91 Å². The lowest BCUT2D eigenvalue weighted by Crippen LogP contribution is -2.64. The fourth-order valence-electron chi connectivity index (χ4n) is 11.4. The molecule has 7 nitrogen and oxygen atoms in total. The smallest absolute Gasteiger partial charge is 0.302 e. The molecule has 12 atom stereocenters. The molecule has 0 heterocycles. The summed E-state index contributed by atoms with van der Waals surface area (Å²) in [5, 5.41) is 14.2. The Morgan fingerprint density at radius 3 is 2.33 bits per heavy atom. The van der Waals surface area contributed by atoms with Crippen molar-refractivity contribution >= 4 is 17.7 Å². The van der Waals surface area contributed by atoms with E-state index in [1.807, 2.05) is 13.8 Å². The fraction of sp³-hybridized carbons (Fsp3) is 0.909. The number of nitrogens with one attached hydrogen (secondary N) is 1. The molecule has 2 N–H and O–H groups in total. The van der Waals surface area contributed by atoms with Crippen LogP contribution in [0.3, 0.4) is 0 Å². The van der Waals surface area contributed by atoms with Crippen molar-refractivity contribution in [3.05, 3.63) is 0 Å². The average molecular weight is 559 g/mol. The number of rotatable bonds is 7. The van der Waals surface area contributed by atoms with Crippen molar-refractivity contribution < 1.29 is 24.2 Å². The van der Waals surface area contributed by atoms with E-state index in [4.69, 9.17) is 4.74 Å². The lowest BCUT2D eigenvalue weighted by Gasteiger charge is -2.62. The van der Waals surface area contributed by atoms with E-state index in [0.29, 0.717) is 12.2 Å². The molecule has 0 radical (unpaired) electrons. The van der Waals surface area contributed by atoms with Crippen LogP contribution in [0, 0.1) is 50.7 Å². The number of amides is 1. The van der Waals surface area contributed by atoms with Crippen molar-refractivity contribution in [2.24, 2.45) is 50.7 Å². The maximum absolute atomic E-state index is 14.6. The Labute approximate surface area is 241 Å². The van der Waals surface area contributed by atoms with Crippen LogP contribution in [0.25, 0.3) is 0 Å². The van der Waals surface area contributed by atoms with Gasteiger partial charge < -0.3 is 20.1 Å². The summed E-state index contributed by atoms with van der Waals surface area (Å²) in [6, 6.07) is 0.0956. The molecule has 0 aromatic carbocycles. The largest absolute Gasteiger partial charge is 0.462 e. The third kappa shape index (κ3) is 3.64. The fourth-order valence-corrected chi connectivity index (χ4v) is 11.4. The minimum absolute atomic E-state index is 0.0196. The minimum atomic E-state index is -0.449. The molecule has 0 aliphatic heterocycles. The first-order valence-corrected chi connectivity index (χ1v) is 15.9. The Hall–Kier alpha value is -1.47. The Morgan fingerprint density at radius 1 is 1.10 bits per heavy atom. The second kappa shape index (κ2) is 9.52. The summed E-state index contributed by atoms with van der Waals surface area (Å²) in [5.41, 5.74) is -1.29. The standard InChI is InChI=1S/C33H54N2O5/c1-10-19(2)28(39)34-25-13-14-32-17-33(32)24(12-11-23(32)29(25,5)18-36)30(6)15-22(40-21(4)37)27(20(3)35(8)9)31(30,7)16-26(33)38/h19-20,22-25,27,36H,10-18H2,1-9H3,(H,34,39)/t19-,20-,22+,23-,24-,25-,27-,29-,30-,31+,32?,33-/m0/s1. The zero-order valence-electron chi connectivity index (χ0n) is 26.4. The van der Waals surface area contributed by atoms with Gasteiger partial charge >= 0.3 is 5.97 Å². The van der Waals surface area contributed by atoms with Gasteiger partial charge in [-0.2, -0.15) is 0 Å². The molecule has 7 heteroatoms. The van der Waals surface area contributed by atoms with E-state index in [0.717, 1.165) is 44.9 Å². The van der Waals surface area contributed by atoms with Crippen molar-refractivity contribution in [1.82, 2.24) is 10.2 Å². The first-order valence-electron chi connectivity index (χ1n) is 15.9. The maximum atomic E-state index is 14.6. The third-order valence-corrected chi connectivity index (χ3v) is 14.1. The van der Waals surface area contributed by atoms with E-state index < -0.39 is 5.41 Å². The van der Waals surface area contributed by atoms with E-state index in [9.17, 15) is 19.5 Å². The van der Waals surface area contributed by atoms with E-state index in [-0.39, 0.29) is 82.0 Å². The van der Waals surface area contributed by atoms with Crippen LogP contribution in [0.5, 0.6) is 0 Å². The monoisotopic (exact) mass is 558 g/mol. The molecule has 5 saturated carbocycles. The molecule has 0 bridgehead atoms. The van der Waals surface area contributed by atoms with Gasteiger partial charge in [-0.25, -0.2) is 0 Å². The second-order valence-electron chi connectivity index (χ2n) is 15.6. The Morgan fingerprint density at radius 2 is 1.75 bits per heavy atom. The van der Waals surface area contributed by atoms with E-state index in [2.05, 4.69) is 52.0 Å². The maximum Gasteiger partial charge on any atom is 0.302 e. The molecule has 0 aromatic heterocycles. The average Bonchev–Trinajstić information content (AvgIpc) is 3.52. The first kappa shape index (κ1) is 30.0. The highest BCUT2D eigenvalue weighted by Gasteiger charge is 2.86. The third-order valence-electron chi connectivity index (χ3n) is 14.1. The van der Waals surface area contributed by atoms with Gasteiger partial charge in [-0.15, -0.1) is 0 Å². The topological polar surface area (TPSA) is 95.9 Å². The zero-order chi connectivity index (χ0) is 29.6. The van der Waals surface area contributed by atoms with Crippen LogP contribution in [-0.4, -0.2) is 66.6 Å². The summed E-state index contributed by atoms with van der Waals surface area (Å²) in [5.74, 6) is 0.719. The van der Waals surface area contributed by atoms with Crippen LogP contribution in [-0.2, 0) is 19.1 Å². The number of hydrogen-bond acceptors (Lipinski definition) is 6. The summed E-state index contributed by atoms with van der Waals surface area (Å²) in [6.07, 6.45) is 6.48. The van der Waals surface area contributed by atoms with Gasteiger partial charge in [0.15, 0.2) is 0 Å². The second-order valence-corrected chi connectivity index (χ2v) is 15.6. The molecule has 1 amide bonds. The quantitative estimate of drug-likeness (QED) is 0.444. The first-order chi connectivity index (χ1) is 18.6. The molecule has 226 valence electrons. The SMILES string of the molecule is CC[C@H](C)C(=O)N[C@H]1CCC23C[C@]24C(=O)C[C@]2(C)[C@@H]([C@H](C)N(C)C)[C@H](OC(C)=O)C[C@@]2(C)[C@@H]4CC[C@H]3[C@]1(C)CO. The molecule has 5 aliphatic carbocycles. The van der Waals surface area contributed by atoms with Crippen LogP contribution in [0.4, 0.5) is 0 Å². The number of fused-ring (bicyclic) bond motifs is 2. The Balaban J connectivity index is 1.51. The van der Waals surface area contributed by atoms with Gasteiger partial charge in [-0.05, 0) is 94.0 Å². The zero-order valence-corrected chi connectivity index (χ0v) is 26.4. The number of ether oxygens (including phenoxy) is 1. The highest BCUT2D eigenvalue weighted by atomic mass is 16.5. The number of Topliss-reactive ketones (excluding diaryl/α,β-unsaturated/α-hetero) is 1. The number of carbonyl (C=O) groups is 3. The van der Waals surface area contributed by atoms with Crippen molar-refractivity contribution in [2.75, 3.05) is 20.7 Å². The number of aliphatic hydroxyl groups excluding tert-OH is 1. The Bertz CT molecular complexity index is 1080. The van der Waals surface area contributed by atoms with E-state index in [1.54, 1.807) is 0 Å². The Kier molecular flexibility index (Phi) is 7.14. The highest BCUT2D eigenvalue weighted by molar-refractivity contribution is 5.92. The summed E-state index contributed by atoms with van der Waals surface area (Å²) >= 11 is 0. The van der Waals surface area contributed by atoms with Gasteiger partial charge in [0.05, 0.1) is 6.61 Å². The number of aliphatic hydroxyl groups is 1. The molecule has 1 unspecified atom stereocenters. The predicted octanol–water partition coefficient (Wildman–Crippen LogP) is 4.60. The van der Waals surface area contributed by atoms with Crippen LogP contribution in [0.2, 0.25) is 0 Å². The van der Waals surface area contributed by atoms with Crippen molar-refractivity contribution in [3.63, 3.8) is 0 Å². The number of esters is 1. The molecule has 0 aromatic rings. The van der Waals surface area contributed by atoms with Gasteiger partial charge in [-0.1, -0.05) is 34.6 Å². The number of nitrogens with zero attached hydrogens (tertiary/aromatic N) is 1. The summed E-state index contributed by atoms with van der Waals surface area (Å²) in [7, 11) is 4.16. The minimum Gasteiger partial charge on any atom is -0.462 e. The molecule has 0 saturated heterocycles. The van der Waals surface area contributed by atoms with Crippen LogP contribution >= 0.6 is 0 Å². The number of hydrogen-bond donors (Lipinski definition) is 2. The van der Waals surface area contributed by atoms with Gasteiger partial charge in [0.25, 0.3) is 0 Å². The molecule has 40 heavy (non-hydrogen) atoms. The van der Waals surface area contributed by atoms with E-state index in [1.165, 1.54) is 6.92 Å². The number of ketones is 1. The summed E-state index contributed by atoms with van der Waals surface area (Å²) in [4.78, 5) is 42.1. The summed E-state index contributed by atoms with van der Waals surface area (Å²) in [6.45, 7) is 14.6. The van der Waals surface area contributed by atoms with Crippen molar-refractivity contribution in [2.45, 2.75) is 118 Å². The molecular weight excluding hydrogens is 504 g/mol. The molecule has 5 fully saturated rings. The lowest BCUT2D eigenvalue weighted by atomic mass is 9.41.